The Labute approximate surface area is 172 Å². The lowest BCUT2D eigenvalue weighted by atomic mass is 10.1. The largest absolute Gasteiger partial charge is 0.359 e. The van der Waals surface area contributed by atoms with E-state index in [2.05, 4.69) is 10.1 Å². The Morgan fingerprint density at radius 1 is 1.28 bits per heavy atom. The van der Waals surface area contributed by atoms with E-state index in [4.69, 9.17) is 16.1 Å². The van der Waals surface area contributed by atoms with Crippen molar-refractivity contribution in [2.75, 3.05) is 18.5 Å². The molecule has 4 rings (SSSR count). The van der Waals surface area contributed by atoms with E-state index in [0.29, 0.717) is 28.7 Å². The van der Waals surface area contributed by atoms with Gasteiger partial charge in [-0.15, -0.1) is 0 Å². The minimum atomic E-state index is -0.408. The Morgan fingerprint density at radius 3 is 2.83 bits per heavy atom. The van der Waals surface area contributed by atoms with E-state index in [9.17, 15) is 9.59 Å². The average molecular weight is 411 g/mol. The van der Waals surface area contributed by atoms with Gasteiger partial charge in [0.2, 0.25) is 11.8 Å². The van der Waals surface area contributed by atoms with Crippen molar-refractivity contribution in [3.8, 4) is 11.3 Å². The Bertz CT molecular complexity index is 1040. The summed E-state index contributed by atoms with van der Waals surface area (Å²) in [6, 6.07) is 12.6. The van der Waals surface area contributed by atoms with Crippen molar-refractivity contribution in [3.05, 3.63) is 65.6 Å². The first-order chi connectivity index (χ1) is 14.0. The van der Waals surface area contributed by atoms with Crippen LogP contribution in [0.25, 0.3) is 11.3 Å². The van der Waals surface area contributed by atoms with Gasteiger partial charge in [-0.2, -0.15) is 0 Å². The van der Waals surface area contributed by atoms with E-state index < -0.39 is 5.92 Å². The zero-order valence-corrected chi connectivity index (χ0v) is 16.5. The maximum atomic E-state index is 12.9. The van der Waals surface area contributed by atoms with Gasteiger partial charge in [0.25, 0.3) is 0 Å². The van der Waals surface area contributed by atoms with Crippen molar-refractivity contribution in [2.45, 2.75) is 13.0 Å². The van der Waals surface area contributed by atoms with Crippen molar-refractivity contribution in [2.24, 2.45) is 5.92 Å². The standard InChI is InChI=1S/C21H19ClN4O3/c1-25(13-18-11-19(24-29-18)14-5-7-23-8-6-14)21(28)15-9-20(27)26(12-15)17-4-2-3-16(22)10-17/h2-8,10-11,15H,9,12-13H2,1H3. The van der Waals surface area contributed by atoms with Gasteiger partial charge in [0.15, 0.2) is 5.76 Å². The fraction of sp³-hybridized carbons (Fsp3) is 0.238. The van der Waals surface area contributed by atoms with Gasteiger partial charge in [0.1, 0.15) is 5.69 Å². The molecule has 0 radical (unpaired) electrons. The highest BCUT2D eigenvalue weighted by Gasteiger charge is 2.36. The lowest BCUT2D eigenvalue weighted by Crippen LogP contribution is -2.34. The van der Waals surface area contributed by atoms with Crippen LogP contribution in [0.1, 0.15) is 12.2 Å². The molecule has 3 heterocycles. The van der Waals surface area contributed by atoms with Gasteiger partial charge in [-0.25, -0.2) is 0 Å². The molecule has 1 aliphatic rings. The minimum Gasteiger partial charge on any atom is -0.359 e. The molecule has 1 saturated heterocycles. The molecule has 148 valence electrons. The summed E-state index contributed by atoms with van der Waals surface area (Å²) in [4.78, 5) is 32.4. The summed E-state index contributed by atoms with van der Waals surface area (Å²) in [5.74, 6) is -0.0267. The summed E-state index contributed by atoms with van der Waals surface area (Å²) in [5.41, 5.74) is 2.28. The molecule has 0 saturated carbocycles. The maximum absolute atomic E-state index is 12.9. The minimum absolute atomic E-state index is 0.0846. The molecule has 2 amide bonds. The first-order valence-corrected chi connectivity index (χ1v) is 9.56. The fourth-order valence-electron chi connectivity index (χ4n) is 3.44. The molecule has 3 aromatic rings. The Kier molecular flexibility index (Phi) is 5.31. The topological polar surface area (TPSA) is 79.5 Å². The number of carbonyl (C=O) groups is 2. The molecule has 29 heavy (non-hydrogen) atoms. The normalized spacial score (nSPS) is 16.3. The highest BCUT2D eigenvalue weighted by molar-refractivity contribution is 6.31. The first kappa shape index (κ1) is 19.1. The number of halogens is 1. The maximum Gasteiger partial charge on any atom is 0.228 e. The van der Waals surface area contributed by atoms with Gasteiger partial charge in [0, 0.05) is 54.7 Å². The summed E-state index contributed by atoms with van der Waals surface area (Å²) < 4.78 is 5.37. The first-order valence-electron chi connectivity index (χ1n) is 9.18. The van der Waals surface area contributed by atoms with Gasteiger partial charge < -0.3 is 14.3 Å². The van der Waals surface area contributed by atoms with E-state index in [0.717, 1.165) is 5.56 Å². The Morgan fingerprint density at radius 2 is 2.07 bits per heavy atom. The second-order valence-corrected chi connectivity index (χ2v) is 7.43. The second kappa shape index (κ2) is 8.05. The smallest absolute Gasteiger partial charge is 0.228 e. The third kappa shape index (κ3) is 4.14. The van der Waals surface area contributed by atoms with Gasteiger partial charge in [-0.1, -0.05) is 22.8 Å². The number of benzene rings is 1. The summed E-state index contributed by atoms with van der Waals surface area (Å²) in [6.07, 6.45) is 3.54. The van der Waals surface area contributed by atoms with Crippen molar-refractivity contribution in [1.29, 1.82) is 0 Å². The quantitative estimate of drug-likeness (QED) is 0.644. The van der Waals surface area contributed by atoms with Crippen molar-refractivity contribution in [1.82, 2.24) is 15.0 Å². The number of amides is 2. The number of carbonyl (C=O) groups excluding carboxylic acids is 2. The predicted octanol–water partition coefficient (Wildman–Crippen LogP) is 3.40. The fourth-order valence-corrected chi connectivity index (χ4v) is 3.62. The van der Waals surface area contributed by atoms with Crippen LogP contribution in [0.4, 0.5) is 5.69 Å². The van der Waals surface area contributed by atoms with Crippen molar-refractivity contribution >= 4 is 29.1 Å². The molecule has 1 fully saturated rings. The van der Waals surface area contributed by atoms with Crippen LogP contribution in [0, 0.1) is 5.92 Å². The zero-order valence-electron chi connectivity index (χ0n) is 15.8. The van der Waals surface area contributed by atoms with E-state index in [-0.39, 0.29) is 24.8 Å². The summed E-state index contributed by atoms with van der Waals surface area (Å²) in [7, 11) is 1.70. The molecule has 0 N–H and O–H groups in total. The van der Waals surface area contributed by atoms with Crippen LogP contribution < -0.4 is 4.90 Å². The number of hydrogen-bond donors (Lipinski definition) is 0. The van der Waals surface area contributed by atoms with Gasteiger partial charge in [-0.3, -0.25) is 14.6 Å². The summed E-state index contributed by atoms with van der Waals surface area (Å²) in [6.45, 7) is 0.611. The van der Waals surface area contributed by atoms with Gasteiger partial charge in [-0.05, 0) is 30.3 Å². The van der Waals surface area contributed by atoms with E-state index in [1.165, 1.54) is 0 Å². The third-order valence-electron chi connectivity index (χ3n) is 4.90. The van der Waals surface area contributed by atoms with E-state index >= 15 is 0 Å². The number of pyridine rings is 1. The van der Waals surface area contributed by atoms with Gasteiger partial charge in [0.05, 0.1) is 12.5 Å². The van der Waals surface area contributed by atoms with E-state index in [1.807, 2.05) is 18.2 Å². The molecule has 1 aliphatic heterocycles. The number of nitrogens with zero attached hydrogens (tertiary/aromatic N) is 4. The molecule has 7 nitrogen and oxygen atoms in total. The molecule has 2 aromatic heterocycles. The molecule has 0 bridgehead atoms. The Hall–Kier alpha value is -3.19. The highest BCUT2D eigenvalue weighted by atomic mass is 35.5. The van der Waals surface area contributed by atoms with Crippen LogP contribution in [0.5, 0.6) is 0 Å². The molecule has 1 aromatic carbocycles. The lowest BCUT2D eigenvalue weighted by Gasteiger charge is -2.20. The SMILES string of the molecule is CN(Cc1cc(-c2ccncc2)no1)C(=O)C1CC(=O)N(c2cccc(Cl)c2)C1. The number of anilines is 1. The molecule has 8 heteroatoms. The van der Waals surface area contributed by atoms with Crippen LogP contribution in [0.3, 0.4) is 0 Å². The number of hydrogen-bond acceptors (Lipinski definition) is 5. The summed E-state index contributed by atoms with van der Waals surface area (Å²) in [5, 5.41) is 4.61. The lowest BCUT2D eigenvalue weighted by molar-refractivity contribution is -0.135. The molecule has 1 atom stereocenters. The third-order valence-corrected chi connectivity index (χ3v) is 5.13. The Balaban J connectivity index is 1.41. The molecule has 1 unspecified atom stereocenters. The van der Waals surface area contributed by atoms with Crippen LogP contribution in [0.2, 0.25) is 5.02 Å². The van der Waals surface area contributed by atoms with Crippen LogP contribution >= 0.6 is 11.6 Å². The molecule has 0 aliphatic carbocycles. The average Bonchev–Trinajstić information content (AvgIpc) is 3.35. The van der Waals surface area contributed by atoms with Crippen LogP contribution in [0.15, 0.2) is 59.4 Å². The van der Waals surface area contributed by atoms with Crippen molar-refractivity contribution in [3.63, 3.8) is 0 Å². The van der Waals surface area contributed by atoms with Crippen LogP contribution in [-0.4, -0.2) is 40.4 Å². The predicted molar refractivity (Wildman–Crippen MR) is 108 cm³/mol. The van der Waals surface area contributed by atoms with Gasteiger partial charge >= 0.3 is 0 Å². The molecular weight excluding hydrogens is 392 g/mol. The number of rotatable bonds is 5. The molecule has 0 spiro atoms. The van der Waals surface area contributed by atoms with Crippen LogP contribution in [-0.2, 0) is 16.1 Å². The molecular formula is C21H19ClN4O3. The van der Waals surface area contributed by atoms with E-state index in [1.54, 1.807) is 53.5 Å². The summed E-state index contributed by atoms with van der Waals surface area (Å²) >= 11 is 6.02. The second-order valence-electron chi connectivity index (χ2n) is 6.99. The zero-order chi connectivity index (χ0) is 20.4. The van der Waals surface area contributed by atoms with Crippen molar-refractivity contribution < 1.29 is 14.1 Å². The number of aromatic nitrogens is 2. The monoisotopic (exact) mass is 410 g/mol. The highest BCUT2D eigenvalue weighted by Crippen LogP contribution is 2.28.